The number of aromatic nitrogens is 3. The van der Waals surface area contributed by atoms with Crippen LogP contribution in [0, 0.1) is 13.8 Å². The molecule has 122 valence electrons. The Bertz CT molecular complexity index is 782. The van der Waals surface area contributed by atoms with E-state index in [1.807, 2.05) is 18.2 Å². The van der Waals surface area contributed by atoms with Gasteiger partial charge in [0, 0.05) is 12.2 Å². The number of anilines is 3. The fourth-order valence-corrected chi connectivity index (χ4v) is 2.60. The Kier molecular flexibility index (Phi) is 5.01. The third kappa shape index (κ3) is 4.52. The van der Waals surface area contributed by atoms with Crippen LogP contribution in [0.3, 0.4) is 0 Å². The topological polar surface area (TPSA) is 62.7 Å². The smallest absolute Gasteiger partial charge is 0.249 e. The Morgan fingerprint density at radius 3 is 2.46 bits per heavy atom. The fourth-order valence-electron chi connectivity index (χ4n) is 2.60. The van der Waals surface area contributed by atoms with Crippen molar-refractivity contribution in [3.63, 3.8) is 0 Å². The predicted molar refractivity (Wildman–Crippen MR) is 97.7 cm³/mol. The molecular formula is C19H21N5. The molecule has 1 heterocycles. The van der Waals surface area contributed by atoms with Gasteiger partial charge in [0.25, 0.3) is 0 Å². The molecule has 0 atom stereocenters. The fraction of sp³-hybridized carbons (Fsp3) is 0.211. The van der Waals surface area contributed by atoms with Gasteiger partial charge in [-0.3, -0.25) is 0 Å². The van der Waals surface area contributed by atoms with Crippen molar-refractivity contribution in [1.29, 1.82) is 0 Å². The summed E-state index contributed by atoms with van der Waals surface area (Å²) in [4.78, 5) is 4.46. The minimum Gasteiger partial charge on any atom is -0.368 e. The summed E-state index contributed by atoms with van der Waals surface area (Å²) in [6, 6.07) is 16.6. The zero-order valence-electron chi connectivity index (χ0n) is 14.0. The lowest BCUT2D eigenvalue weighted by atomic mass is 10.1. The van der Waals surface area contributed by atoms with Crippen LogP contribution in [0.15, 0.2) is 54.7 Å². The Balaban J connectivity index is 1.61. The van der Waals surface area contributed by atoms with Gasteiger partial charge >= 0.3 is 0 Å². The number of nitrogens with one attached hydrogen (secondary N) is 2. The van der Waals surface area contributed by atoms with E-state index in [4.69, 9.17) is 0 Å². The number of rotatable bonds is 6. The van der Waals surface area contributed by atoms with Crippen LogP contribution in [-0.4, -0.2) is 21.7 Å². The molecule has 0 spiro atoms. The van der Waals surface area contributed by atoms with Crippen LogP contribution in [0.2, 0.25) is 0 Å². The molecule has 24 heavy (non-hydrogen) atoms. The van der Waals surface area contributed by atoms with Gasteiger partial charge in [0.15, 0.2) is 5.82 Å². The largest absolute Gasteiger partial charge is 0.368 e. The molecule has 0 saturated heterocycles. The van der Waals surface area contributed by atoms with Gasteiger partial charge in [0.1, 0.15) is 0 Å². The third-order valence-electron chi connectivity index (χ3n) is 3.60. The van der Waals surface area contributed by atoms with Crippen LogP contribution >= 0.6 is 0 Å². The van der Waals surface area contributed by atoms with Crippen molar-refractivity contribution in [3.8, 4) is 0 Å². The molecule has 0 bridgehead atoms. The van der Waals surface area contributed by atoms with E-state index in [0.29, 0.717) is 11.8 Å². The molecular weight excluding hydrogens is 298 g/mol. The molecule has 5 nitrogen and oxygen atoms in total. The first-order chi connectivity index (χ1) is 11.7. The second kappa shape index (κ2) is 7.55. The molecule has 1 aromatic heterocycles. The van der Waals surface area contributed by atoms with Crippen LogP contribution < -0.4 is 10.6 Å². The summed E-state index contributed by atoms with van der Waals surface area (Å²) in [5, 5.41) is 14.6. The normalized spacial score (nSPS) is 10.4. The molecule has 2 N–H and O–H groups in total. The van der Waals surface area contributed by atoms with Crippen LogP contribution in [0.25, 0.3) is 0 Å². The summed E-state index contributed by atoms with van der Waals surface area (Å²) in [6.07, 6.45) is 2.57. The molecule has 0 aliphatic heterocycles. The standard InChI is InChI=1S/C19H21N5/c1-14-10-15(2)12-17(11-14)22-19-23-18(13-21-24-19)20-9-8-16-6-4-3-5-7-16/h3-7,10-13H,8-9H2,1-2H3,(H2,20,22,23,24). The quantitative estimate of drug-likeness (QED) is 0.722. The summed E-state index contributed by atoms with van der Waals surface area (Å²) in [7, 11) is 0. The highest BCUT2D eigenvalue weighted by Crippen LogP contribution is 2.17. The number of benzene rings is 2. The average molecular weight is 319 g/mol. The van der Waals surface area contributed by atoms with Crippen LogP contribution in [-0.2, 0) is 6.42 Å². The molecule has 0 aliphatic carbocycles. The van der Waals surface area contributed by atoms with Crippen molar-refractivity contribution < 1.29 is 0 Å². The Morgan fingerprint density at radius 2 is 1.71 bits per heavy atom. The molecule has 0 saturated carbocycles. The first-order valence-electron chi connectivity index (χ1n) is 8.02. The lowest BCUT2D eigenvalue weighted by Crippen LogP contribution is -2.08. The highest BCUT2D eigenvalue weighted by molar-refractivity contribution is 5.56. The number of hydrogen-bond acceptors (Lipinski definition) is 5. The van der Waals surface area contributed by atoms with Crippen molar-refractivity contribution in [3.05, 3.63) is 71.4 Å². The van der Waals surface area contributed by atoms with E-state index in [0.717, 1.165) is 18.7 Å². The summed E-state index contributed by atoms with van der Waals surface area (Å²) in [5.74, 6) is 1.21. The van der Waals surface area contributed by atoms with Gasteiger partial charge < -0.3 is 10.6 Å². The maximum Gasteiger partial charge on any atom is 0.249 e. The number of aryl methyl sites for hydroxylation is 2. The SMILES string of the molecule is Cc1cc(C)cc(Nc2nncc(NCCc3ccccc3)n2)c1. The minimum atomic E-state index is 0.490. The van der Waals surface area contributed by atoms with Crippen LogP contribution in [0.5, 0.6) is 0 Å². The third-order valence-corrected chi connectivity index (χ3v) is 3.60. The molecule has 2 aromatic carbocycles. The van der Waals surface area contributed by atoms with E-state index in [1.54, 1.807) is 6.20 Å². The van der Waals surface area contributed by atoms with E-state index in [9.17, 15) is 0 Å². The Labute approximate surface area is 142 Å². The van der Waals surface area contributed by atoms with Crippen LogP contribution in [0.1, 0.15) is 16.7 Å². The zero-order valence-corrected chi connectivity index (χ0v) is 14.0. The van der Waals surface area contributed by atoms with Gasteiger partial charge in [0.2, 0.25) is 5.95 Å². The van der Waals surface area contributed by atoms with Crippen molar-refractivity contribution in [2.75, 3.05) is 17.2 Å². The Morgan fingerprint density at radius 1 is 0.958 bits per heavy atom. The van der Waals surface area contributed by atoms with Crippen molar-refractivity contribution >= 4 is 17.5 Å². The second-order valence-corrected chi connectivity index (χ2v) is 5.83. The van der Waals surface area contributed by atoms with E-state index in [1.165, 1.54) is 16.7 Å². The molecule has 0 unspecified atom stereocenters. The summed E-state index contributed by atoms with van der Waals surface area (Å²) in [5.41, 5.74) is 4.65. The van der Waals surface area contributed by atoms with Gasteiger partial charge in [-0.1, -0.05) is 36.4 Å². The summed E-state index contributed by atoms with van der Waals surface area (Å²) < 4.78 is 0. The van der Waals surface area contributed by atoms with Gasteiger partial charge in [-0.15, -0.1) is 5.10 Å². The molecule has 3 aromatic rings. The van der Waals surface area contributed by atoms with E-state index in [-0.39, 0.29) is 0 Å². The summed E-state index contributed by atoms with van der Waals surface area (Å²) in [6.45, 7) is 4.93. The second-order valence-electron chi connectivity index (χ2n) is 5.83. The molecule has 3 rings (SSSR count). The molecule has 0 amide bonds. The van der Waals surface area contributed by atoms with E-state index in [2.05, 4.69) is 70.0 Å². The monoisotopic (exact) mass is 319 g/mol. The van der Waals surface area contributed by atoms with E-state index < -0.39 is 0 Å². The van der Waals surface area contributed by atoms with Gasteiger partial charge in [-0.05, 0) is 49.1 Å². The van der Waals surface area contributed by atoms with Crippen LogP contribution in [0.4, 0.5) is 17.5 Å². The van der Waals surface area contributed by atoms with Gasteiger partial charge in [-0.2, -0.15) is 10.1 Å². The lowest BCUT2D eigenvalue weighted by Gasteiger charge is -2.09. The van der Waals surface area contributed by atoms with Crippen molar-refractivity contribution in [1.82, 2.24) is 15.2 Å². The lowest BCUT2D eigenvalue weighted by molar-refractivity contribution is 0.950. The zero-order chi connectivity index (χ0) is 16.8. The number of nitrogens with zero attached hydrogens (tertiary/aromatic N) is 3. The molecule has 0 aliphatic rings. The van der Waals surface area contributed by atoms with Gasteiger partial charge in [-0.25, -0.2) is 0 Å². The first kappa shape index (κ1) is 15.9. The van der Waals surface area contributed by atoms with Gasteiger partial charge in [0.05, 0.1) is 6.20 Å². The maximum absolute atomic E-state index is 4.46. The predicted octanol–water partition coefficient (Wildman–Crippen LogP) is 3.89. The maximum atomic E-state index is 4.46. The Hall–Kier alpha value is -2.95. The average Bonchev–Trinajstić information content (AvgIpc) is 2.55. The minimum absolute atomic E-state index is 0.490. The van der Waals surface area contributed by atoms with Crippen molar-refractivity contribution in [2.45, 2.75) is 20.3 Å². The van der Waals surface area contributed by atoms with E-state index >= 15 is 0 Å². The summed E-state index contributed by atoms with van der Waals surface area (Å²) >= 11 is 0. The molecule has 5 heteroatoms. The highest BCUT2D eigenvalue weighted by atomic mass is 15.3. The highest BCUT2D eigenvalue weighted by Gasteiger charge is 2.02. The van der Waals surface area contributed by atoms with Crippen molar-refractivity contribution in [2.24, 2.45) is 0 Å². The molecule has 0 radical (unpaired) electrons. The molecule has 0 fully saturated rings. The first-order valence-corrected chi connectivity index (χ1v) is 8.02. The number of hydrogen-bond donors (Lipinski definition) is 2.